The zero-order valence-corrected chi connectivity index (χ0v) is 50.8. The number of rotatable bonds is 64. The minimum Gasteiger partial charge on any atom is -0.466 e. The summed E-state index contributed by atoms with van der Waals surface area (Å²) in [6, 6.07) is -0.632. The minimum absolute atomic E-state index is 0.0124. The van der Waals surface area contributed by atoms with Crippen molar-refractivity contribution in [3.63, 3.8) is 0 Å². The number of allylic oxidation sites excluding steroid dienone is 3. The molecule has 0 aromatic heterocycles. The van der Waals surface area contributed by atoms with E-state index in [1.165, 1.54) is 315 Å². The maximum absolute atomic E-state index is 12.5. The molecule has 0 aliphatic heterocycles. The first-order chi connectivity index (χ1) is 37.0. The van der Waals surface area contributed by atoms with Crippen LogP contribution in [0.3, 0.4) is 0 Å². The van der Waals surface area contributed by atoms with Gasteiger partial charge >= 0.3 is 5.97 Å². The van der Waals surface area contributed by atoms with Crippen LogP contribution in [-0.4, -0.2) is 47.4 Å². The summed E-state index contributed by atoms with van der Waals surface area (Å²) < 4.78 is 5.47. The molecule has 0 radical (unpaired) electrons. The van der Waals surface area contributed by atoms with Crippen LogP contribution in [0.5, 0.6) is 0 Å². The van der Waals surface area contributed by atoms with Crippen LogP contribution in [0.4, 0.5) is 0 Å². The SMILES string of the molecule is CCCCCCCCCCCCCCCCCCCCCCC/C=C/C(O)C(CO)NC(=O)CCCCCCCCCC/C=C\CCCCCCCCCCCCCCOC(=O)CCCCCCCCCCCCC. The number of carbonyl (C=O) groups excluding carboxylic acids is 2. The second-order valence-corrected chi connectivity index (χ2v) is 23.5. The van der Waals surface area contributed by atoms with Gasteiger partial charge in [-0.15, -0.1) is 0 Å². The van der Waals surface area contributed by atoms with Crippen LogP contribution in [0.15, 0.2) is 24.3 Å². The fourth-order valence-electron chi connectivity index (χ4n) is 10.7. The van der Waals surface area contributed by atoms with Gasteiger partial charge in [-0.3, -0.25) is 9.59 Å². The first-order valence-electron chi connectivity index (χ1n) is 34.1. The zero-order valence-electron chi connectivity index (χ0n) is 50.8. The molecule has 0 aliphatic carbocycles. The van der Waals surface area contributed by atoms with Crippen molar-refractivity contribution in [2.45, 2.75) is 392 Å². The lowest BCUT2D eigenvalue weighted by atomic mass is 10.0. The molecular weight excluding hydrogens is 923 g/mol. The van der Waals surface area contributed by atoms with Crippen molar-refractivity contribution in [1.29, 1.82) is 0 Å². The lowest BCUT2D eigenvalue weighted by molar-refractivity contribution is -0.143. The molecule has 2 unspecified atom stereocenters. The van der Waals surface area contributed by atoms with Gasteiger partial charge in [-0.25, -0.2) is 0 Å². The number of esters is 1. The lowest BCUT2D eigenvalue weighted by Gasteiger charge is -2.20. The summed E-state index contributed by atoms with van der Waals surface area (Å²) in [5.41, 5.74) is 0. The van der Waals surface area contributed by atoms with Gasteiger partial charge in [-0.1, -0.05) is 334 Å². The van der Waals surface area contributed by atoms with Crippen molar-refractivity contribution in [2.24, 2.45) is 0 Å². The van der Waals surface area contributed by atoms with Crippen LogP contribution in [0.25, 0.3) is 0 Å². The van der Waals surface area contributed by atoms with Gasteiger partial charge in [0.05, 0.1) is 25.4 Å². The summed E-state index contributed by atoms with van der Waals surface area (Å²) in [6.07, 6.45) is 81.0. The van der Waals surface area contributed by atoms with E-state index in [2.05, 4.69) is 31.3 Å². The molecule has 75 heavy (non-hydrogen) atoms. The Morgan fingerprint density at radius 2 is 0.627 bits per heavy atom. The van der Waals surface area contributed by atoms with E-state index in [4.69, 9.17) is 4.74 Å². The Hall–Kier alpha value is -1.66. The van der Waals surface area contributed by atoms with E-state index in [-0.39, 0.29) is 18.5 Å². The lowest BCUT2D eigenvalue weighted by Crippen LogP contribution is -2.45. The van der Waals surface area contributed by atoms with Crippen molar-refractivity contribution in [3.05, 3.63) is 24.3 Å². The summed E-state index contributed by atoms with van der Waals surface area (Å²) in [7, 11) is 0. The highest BCUT2D eigenvalue weighted by molar-refractivity contribution is 5.76. The van der Waals surface area contributed by atoms with Gasteiger partial charge in [0.1, 0.15) is 0 Å². The summed E-state index contributed by atoms with van der Waals surface area (Å²) >= 11 is 0. The Morgan fingerprint density at radius 1 is 0.360 bits per heavy atom. The first kappa shape index (κ1) is 73.3. The fourth-order valence-corrected chi connectivity index (χ4v) is 10.7. The second-order valence-electron chi connectivity index (χ2n) is 23.5. The molecule has 0 saturated heterocycles. The molecule has 2 atom stereocenters. The molecule has 0 aromatic carbocycles. The highest BCUT2D eigenvalue weighted by Gasteiger charge is 2.18. The summed E-state index contributed by atoms with van der Waals surface area (Å²) in [6.45, 7) is 4.93. The number of aliphatic hydroxyl groups is 2. The topological polar surface area (TPSA) is 95.9 Å². The zero-order chi connectivity index (χ0) is 54.3. The average Bonchev–Trinajstić information content (AvgIpc) is 3.41. The number of nitrogens with one attached hydrogen (secondary N) is 1. The Kier molecular flexibility index (Phi) is 63.4. The van der Waals surface area contributed by atoms with Crippen LogP contribution < -0.4 is 5.32 Å². The molecule has 0 saturated carbocycles. The first-order valence-corrected chi connectivity index (χ1v) is 34.1. The molecule has 0 aliphatic rings. The number of carbonyl (C=O) groups is 2. The number of hydrogen-bond donors (Lipinski definition) is 3. The molecule has 0 spiro atoms. The molecule has 3 N–H and O–H groups in total. The quantitative estimate of drug-likeness (QED) is 0.0320. The van der Waals surface area contributed by atoms with Gasteiger partial charge in [-0.2, -0.15) is 0 Å². The van der Waals surface area contributed by atoms with E-state index in [0.717, 1.165) is 38.5 Å². The van der Waals surface area contributed by atoms with Gasteiger partial charge in [0.25, 0.3) is 0 Å². The smallest absolute Gasteiger partial charge is 0.305 e. The molecular formula is C69H133NO5. The molecule has 0 rings (SSSR count). The van der Waals surface area contributed by atoms with Gasteiger partial charge in [0.2, 0.25) is 5.91 Å². The second kappa shape index (κ2) is 64.9. The Morgan fingerprint density at radius 3 is 0.947 bits per heavy atom. The van der Waals surface area contributed by atoms with Crippen LogP contribution in [0.2, 0.25) is 0 Å². The van der Waals surface area contributed by atoms with Gasteiger partial charge < -0.3 is 20.3 Å². The van der Waals surface area contributed by atoms with Crippen LogP contribution in [0.1, 0.15) is 380 Å². The Bertz CT molecular complexity index is 1170. The molecule has 0 aromatic rings. The van der Waals surface area contributed by atoms with E-state index < -0.39 is 12.1 Å². The number of unbranched alkanes of at least 4 members (excludes halogenated alkanes) is 51. The largest absolute Gasteiger partial charge is 0.466 e. The maximum Gasteiger partial charge on any atom is 0.305 e. The van der Waals surface area contributed by atoms with Gasteiger partial charge in [-0.05, 0) is 57.8 Å². The summed E-state index contributed by atoms with van der Waals surface area (Å²) in [4.78, 5) is 24.5. The van der Waals surface area contributed by atoms with Crippen molar-refractivity contribution >= 4 is 11.9 Å². The van der Waals surface area contributed by atoms with Crippen molar-refractivity contribution in [3.8, 4) is 0 Å². The normalized spacial score (nSPS) is 12.6. The fraction of sp³-hybridized carbons (Fsp3) is 0.913. The van der Waals surface area contributed by atoms with E-state index in [1.807, 2.05) is 6.08 Å². The van der Waals surface area contributed by atoms with Crippen LogP contribution in [0, 0.1) is 0 Å². The Balaban J connectivity index is 3.44. The van der Waals surface area contributed by atoms with Gasteiger partial charge in [0, 0.05) is 12.8 Å². The molecule has 0 bridgehead atoms. The summed E-state index contributed by atoms with van der Waals surface area (Å²) in [5, 5.41) is 23.2. The van der Waals surface area contributed by atoms with E-state index >= 15 is 0 Å². The summed E-state index contributed by atoms with van der Waals surface area (Å²) in [5.74, 6) is -0.0561. The molecule has 1 amide bonds. The van der Waals surface area contributed by atoms with Crippen LogP contribution >= 0.6 is 0 Å². The van der Waals surface area contributed by atoms with Crippen LogP contribution in [-0.2, 0) is 14.3 Å². The molecule has 6 nitrogen and oxygen atoms in total. The van der Waals surface area contributed by atoms with E-state index in [9.17, 15) is 19.8 Å². The molecule has 0 fully saturated rings. The van der Waals surface area contributed by atoms with Crippen molar-refractivity contribution in [2.75, 3.05) is 13.2 Å². The third-order valence-corrected chi connectivity index (χ3v) is 16.0. The highest BCUT2D eigenvalue weighted by Crippen LogP contribution is 2.18. The molecule has 444 valence electrons. The van der Waals surface area contributed by atoms with Crippen molar-refractivity contribution < 1.29 is 24.5 Å². The Labute approximate surface area is 469 Å². The third-order valence-electron chi connectivity index (χ3n) is 16.0. The number of aliphatic hydroxyl groups excluding tert-OH is 2. The molecule has 0 heterocycles. The third kappa shape index (κ3) is 61.4. The standard InChI is InChI=1S/C69H133NO5/c1-3-5-7-9-11-13-15-16-17-18-19-20-23-26-29-32-35-38-42-45-49-53-57-61-67(72)66(65-71)70-68(73)62-58-54-50-46-43-39-36-33-30-27-24-21-22-25-28-31-34-37-40-44-48-52-56-60-64-75-69(74)63-59-55-51-47-41-14-12-10-8-6-4-2/h24,27,57,61,66-67,71-72H,3-23,25-26,28-56,58-60,62-65H2,1-2H3,(H,70,73)/b27-24-,61-57+. The number of amides is 1. The van der Waals surface area contributed by atoms with E-state index in [1.54, 1.807) is 6.08 Å². The monoisotopic (exact) mass is 1060 g/mol. The highest BCUT2D eigenvalue weighted by atomic mass is 16.5. The van der Waals surface area contributed by atoms with Crippen molar-refractivity contribution in [1.82, 2.24) is 5.32 Å². The number of ether oxygens (including phenoxy) is 1. The molecule has 6 heteroatoms. The van der Waals surface area contributed by atoms with Gasteiger partial charge in [0.15, 0.2) is 0 Å². The minimum atomic E-state index is -0.848. The average molecular weight is 1060 g/mol. The number of hydrogen-bond acceptors (Lipinski definition) is 5. The predicted octanol–water partition coefficient (Wildman–Crippen LogP) is 21.8. The van der Waals surface area contributed by atoms with E-state index in [0.29, 0.717) is 19.4 Å². The maximum atomic E-state index is 12.5. The predicted molar refractivity (Wildman–Crippen MR) is 329 cm³/mol.